The second-order valence-corrected chi connectivity index (χ2v) is 6.54. The van der Waals surface area contributed by atoms with E-state index in [2.05, 4.69) is 5.32 Å². The Morgan fingerprint density at radius 3 is 2.08 bits per heavy atom. The first-order valence-electron chi connectivity index (χ1n) is 8.16. The highest BCUT2D eigenvalue weighted by Crippen LogP contribution is 2.19. The Hall–Kier alpha value is -2.49. The molecule has 0 aliphatic heterocycles. The van der Waals surface area contributed by atoms with Gasteiger partial charge < -0.3 is 14.8 Å². The molecule has 0 fully saturated rings. The molecule has 0 bridgehead atoms. The lowest BCUT2D eigenvalue weighted by atomic mass is 10.1. The maximum Gasteiger partial charge on any atom is 0.228 e. The molecule has 0 aliphatic rings. The summed E-state index contributed by atoms with van der Waals surface area (Å²) >= 11 is 0. The van der Waals surface area contributed by atoms with Crippen molar-refractivity contribution in [1.82, 2.24) is 0 Å². The molecule has 2 aromatic carbocycles. The number of hydrogen-bond donors (Lipinski definition) is 1. The molecule has 1 N–H and O–H groups in total. The molecule has 0 heterocycles. The van der Waals surface area contributed by atoms with E-state index in [9.17, 15) is 4.79 Å². The van der Waals surface area contributed by atoms with E-state index in [1.165, 1.54) is 0 Å². The normalized spacial score (nSPS) is 11.0. The molecule has 0 spiro atoms. The molecule has 0 saturated carbocycles. The van der Waals surface area contributed by atoms with Gasteiger partial charge >= 0.3 is 0 Å². The minimum atomic E-state index is -0.230. The van der Waals surface area contributed by atoms with E-state index in [0.29, 0.717) is 13.0 Å². The summed E-state index contributed by atoms with van der Waals surface area (Å²) in [5, 5.41) is 2.89. The Bertz CT molecular complexity index is 655. The van der Waals surface area contributed by atoms with Crippen molar-refractivity contribution in [3.8, 4) is 11.5 Å². The van der Waals surface area contributed by atoms with Crippen molar-refractivity contribution >= 4 is 11.6 Å². The van der Waals surface area contributed by atoms with Crippen LogP contribution in [0.3, 0.4) is 0 Å². The average Bonchev–Trinajstić information content (AvgIpc) is 2.50. The lowest BCUT2D eigenvalue weighted by Gasteiger charge is -2.21. The van der Waals surface area contributed by atoms with Gasteiger partial charge in [0.05, 0.1) is 13.0 Å². The SMILES string of the molecule is CCOc1ccc(NC(=O)Cc2ccc(OC(C)(C)C)cc2)cc1. The largest absolute Gasteiger partial charge is 0.494 e. The molecule has 0 aromatic heterocycles. The third-order valence-electron chi connectivity index (χ3n) is 3.16. The van der Waals surface area contributed by atoms with Gasteiger partial charge in [-0.25, -0.2) is 0 Å². The van der Waals surface area contributed by atoms with Crippen molar-refractivity contribution in [3.63, 3.8) is 0 Å². The smallest absolute Gasteiger partial charge is 0.228 e. The fourth-order valence-corrected chi connectivity index (χ4v) is 2.22. The van der Waals surface area contributed by atoms with Gasteiger partial charge in [-0.1, -0.05) is 12.1 Å². The number of rotatable bonds is 6. The van der Waals surface area contributed by atoms with Crippen LogP contribution in [0.5, 0.6) is 11.5 Å². The minimum Gasteiger partial charge on any atom is -0.494 e. The van der Waals surface area contributed by atoms with Gasteiger partial charge in [-0.05, 0) is 69.7 Å². The Kier molecular flexibility index (Phi) is 5.85. The van der Waals surface area contributed by atoms with Crippen LogP contribution in [-0.4, -0.2) is 18.1 Å². The van der Waals surface area contributed by atoms with Crippen LogP contribution in [0.15, 0.2) is 48.5 Å². The number of nitrogens with one attached hydrogen (secondary N) is 1. The van der Waals surface area contributed by atoms with Crippen molar-refractivity contribution in [2.24, 2.45) is 0 Å². The van der Waals surface area contributed by atoms with Gasteiger partial charge in [-0.3, -0.25) is 4.79 Å². The van der Waals surface area contributed by atoms with Crippen molar-refractivity contribution in [1.29, 1.82) is 0 Å². The van der Waals surface area contributed by atoms with Crippen molar-refractivity contribution < 1.29 is 14.3 Å². The predicted molar refractivity (Wildman–Crippen MR) is 96.8 cm³/mol. The van der Waals surface area contributed by atoms with Gasteiger partial charge in [0, 0.05) is 5.69 Å². The minimum absolute atomic E-state index is 0.0522. The summed E-state index contributed by atoms with van der Waals surface area (Å²) in [5.74, 6) is 1.55. The maximum atomic E-state index is 12.1. The molecule has 0 atom stereocenters. The van der Waals surface area contributed by atoms with Crippen LogP contribution in [0, 0.1) is 0 Å². The topological polar surface area (TPSA) is 47.6 Å². The van der Waals surface area contributed by atoms with Crippen LogP contribution in [0.4, 0.5) is 5.69 Å². The monoisotopic (exact) mass is 327 g/mol. The second-order valence-electron chi connectivity index (χ2n) is 6.54. The Morgan fingerprint density at radius 2 is 1.54 bits per heavy atom. The van der Waals surface area contributed by atoms with Gasteiger partial charge in [0.25, 0.3) is 0 Å². The van der Waals surface area contributed by atoms with Crippen LogP contribution in [0.1, 0.15) is 33.3 Å². The zero-order valence-electron chi connectivity index (χ0n) is 14.8. The summed E-state index contributed by atoms with van der Waals surface area (Å²) in [6, 6.07) is 15.0. The molecule has 128 valence electrons. The first kappa shape index (κ1) is 17.9. The van der Waals surface area contributed by atoms with E-state index in [4.69, 9.17) is 9.47 Å². The molecule has 24 heavy (non-hydrogen) atoms. The van der Waals surface area contributed by atoms with Crippen molar-refractivity contribution in [3.05, 3.63) is 54.1 Å². The van der Waals surface area contributed by atoms with Crippen molar-refractivity contribution in [2.45, 2.75) is 39.7 Å². The molecule has 0 radical (unpaired) electrons. The summed E-state index contributed by atoms with van der Waals surface area (Å²) in [6.45, 7) is 8.58. The lowest BCUT2D eigenvalue weighted by Crippen LogP contribution is -2.22. The summed E-state index contributed by atoms with van der Waals surface area (Å²) in [6.07, 6.45) is 0.322. The van der Waals surface area contributed by atoms with Crippen molar-refractivity contribution in [2.75, 3.05) is 11.9 Å². The maximum absolute atomic E-state index is 12.1. The Labute approximate surface area is 143 Å². The molecule has 4 nitrogen and oxygen atoms in total. The number of amides is 1. The molecule has 0 aliphatic carbocycles. The van der Waals surface area contributed by atoms with Crippen LogP contribution < -0.4 is 14.8 Å². The van der Waals surface area contributed by atoms with Gasteiger partial charge in [0.15, 0.2) is 0 Å². The highest BCUT2D eigenvalue weighted by atomic mass is 16.5. The predicted octanol–water partition coefficient (Wildman–Crippen LogP) is 4.44. The summed E-state index contributed by atoms with van der Waals surface area (Å²) in [7, 11) is 0. The number of hydrogen-bond acceptors (Lipinski definition) is 3. The van der Waals surface area contributed by atoms with E-state index in [1.54, 1.807) is 0 Å². The highest BCUT2D eigenvalue weighted by Gasteiger charge is 2.11. The summed E-state index contributed by atoms with van der Waals surface area (Å²) < 4.78 is 11.2. The zero-order valence-corrected chi connectivity index (χ0v) is 14.8. The highest BCUT2D eigenvalue weighted by molar-refractivity contribution is 5.92. The molecule has 2 aromatic rings. The average molecular weight is 327 g/mol. The van der Waals surface area contributed by atoms with E-state index in [1.807, 2.05) is 76.2 Å². The Morgan fingerprint density at radius 1 is 0.958 bits per heavy atom. The first-order chi connectivity index (χ1) is 11.4. The number of carbonyl (C=O) groups is 1. The lowest BCUT2D eigenvalue weighted by molar-refractivity contribution is -0.115. The number of ether oxygens (including phenoxy) is 2. The Balaban J connectivity index is 1.89. The fraction of sp³-hybridized carbons (Fsp3) is 0.350. The van der Waals surface area contributed by atoms with Gasteiger partial charge in [0.1, 0.15) is 17.1 Å². The third kappa shape index (κ3) is 5.95. The molecule has 0 saturated heterocycles. The molecule has 4 heteroatoms. The number of anilines is 1. The first-order valence-corrected chi connectivity index (χ1v) is 8.16. The molecular weight excluding hydrogens is 302 g/mol. The van der Waals surface area contributed by atoms with E-state index in [-0.39, 0.29) is 11.5 Å². The number of benzene rings is 2. The quantitative estimate of drug-likeness (QED) is 0.853. The zero-order chi connectivity index (χ0) is 17.6. The molecular formula is C20H25NO3. The van der Waals surface area contributed by atoms with Gasteiger partial charge in [0.2, 0.25) is 5.91 Å². The van der Waals surface area contributed by atoms with Gasteiger partial charge in [-0.15, -0.1) is 0 Å². The summed E-state index contributed by atoms with van der Waals surface area (Å²) in [4.78, 5) is 12.1. The second kappa shape index (κ2) is 7.86. The summed E-state index contributed by atoms with van der Waals surface area (Å²) in [5.41, 5.74) is 1.47. The molecule has 2 rings (SSSR count). The standard InChI is InChI=1S/C20H25NO3/c1-5-23-17-12-8-16(9-13-17)21-19(22)14-15-6-10-18(11-7-15)24-20(2,3)4/h6-13H,5,14H2,1-4H3,(H,21,22). The van der Waals surface area contributed by atoms with E-state index in [0.717, 1.165) is 22.7 Å². The third-order valence-corrected chi connectivity index (χ3v) is 3.16. The van der Waals surface area contributed by atoms with Gasteiger partial charge in [-0.2, -0.15) is 0 Å². The van der Waals surface area contributed by atoms with Crippen LogP contribution in [0.2, 0.25) is 0 Å². The molecule has 1 amide bonds. The van der Waals surface area contributed by atoms with E-state index >= 15 is 0 Å². The van der Waals surface area contributed by atoms with Crippen LogP contribution >= 0.6 is 0 Å². The van der Waals surface area contributed by atoms with Crippen LogP contribution in [0.25, 0.3) is 0 Å². The molecule has 0 unspecified atom stereocenters. The fourth-order valence-electron chi connectivity index (χ4n) is 2.22. The number of carbonyl (C=O) groups excluding carboxylic acids is 1. The van der Waals surface area contributed by atoms with E-state index < -0.39 is 0 Å². The van der Waals surface area contributed by atoms with Crippen LogP contribution in [-0.2, 0) is 11.2 Å².